The lowest BCUT2D eigenvalue weighted by Gasteiger charge is -2.13. The Kier molecular flexibility index (Phi) is 6.09. The summed E-state index contributed by atoms with van der Waals surface area (Å²) in [7, 11) is 1.54. The largest absolute Gasteiger partial charge is 0.465 e. The van der Waals surface area contributed by atoms with Crippen LogP contribution in [0.3, 0.4) is 0 Å². The van der Waals surface area contributed by atoms with E-state index in [0.29, 0.717) is 11.6 Å². The second kappa shape index (κ2) is 7.59. The van der Waals surface area contributed by atoms with Gasteiger partial charge in [-0.3, -0.25) is 9.59 Å². The molecule has 1 aromatic carbocycles. The van der Waals surface area contributed by atoms with E-state index in [-0.39, 0.29) is 12.5 Å². The van der Waals surface area contributed by atoms with Gasteiger partial charge in [0.05, 0.1) is 6.61 Å². The first-order valence-electron chi connectivity index (χ1n) is 5.87. The number of likely N-dealkylation sites (N-methyl/N-ethyl adjacent to an activating group) is 1. The normalized spacial score (nSPS) is 10.5. The van der Waals surface area contributed by atoms with Crippen molar-refractivity contribution in [2.75, 3.05) is 20.2 Å². The van der Waals surface area contributed by atoms with E-state index in [1.165, 1.54) is 11.0 Å². The zero-order valence-electron chi connectivity index (χ0n) is 10.9. The van der Waals surface area contributed by atoms with Gasteiger partial charge in [0, 0.05) is 18.1 Å². The molecule has 1 aromatic rings. The molecule has 0 aliphatic rings. The van der Waals surface area contributed by atoms with Crippen LogP contribution < -0.4 is 0 Å². The van der Waals surface area contributed by atoms with Gasteiger partial charge in [0.2, 0.25) is 5.91 Å². The van der Waals surface area contributed by atoms with Crippen LogP contribution in [0.4, 0.5) is 0 Å². The molecule has 0 aliphatic heterocycles. The molecule has 5 heteroatoms. The van der Waals surface area contributed by atoms with Crippen molar-refractivity contribution < 1.29 is 14.3 Å². The van der Waals surface area contributed by atoms with Crippen molar-refractivity contribution in [3.8, 4) is 0 Å². The monoisotopic (exact) mass is 281 g/mol. The van der Waals surface area contributed by atoms with E-state index in [1.54, 1.807) is 38.2 Å². The van der Waals surface area contributed by atoms with Gasteiger partial charge in [-0.15, -0.1) is 0 Å². The molecule has 0 bridgehead atoms. The predicted octanol–water partition coefficient (Wildman–Crippen LogP) is 2.37. The lowest BCUT2D eigenvalue weighted by molar-refractivity contribution is -0.146. The molecule has 1 amide bonds. The molecule has 0 heterocycles. The number of halogens is 1. The van der Waals surface area contributed by atoms with Crippen molar-refractivity contribution in [3.05, 3.63) is 40.9 Å². The number of esters is 1. The van der Waals surface area contributed by atoms with E-state index < -0.39 is 5.97 Å². The van der Waals surface area contributed by atoms with E-state index in [4.69, 9.17) is 16.3 Å². The summed E-state index contributed by atoms with van der Waals surface area (Å²) < 4.78 is 4.77. The smallest absolute Gasteiger partial charge is 0.325 e. The summed E-state index contributed by atoms with van der Waals surface area (Å²) in [4.78, 5) is 24.2. The van der Waals surface area contributed by atoms with Crippen molar-refractivity contribution in [3.63, 3.8) is 0 Å². The van der Waals surface area contributed by atoms with Crippen LogP contribution in [-0.4, -0.2) is 37.0 Å². The highest BCUT2D eigenvalue weighted by molar-refractivity contribution is 6.30. The van der Waals surface area contributed by atoms with Crippen molar-refractivity contribution >= 4 is 29.6 Å². The molecule has 4 nitrogen and oxygen atoms in total. The second-order valence-corrected chi connectivity index (χ2v) is 4.32. The summed E-state index contributed by atoms with van der Waals surface area (Å²) >= 11 is 5.84. The number of carbonyl (C=O) groups is 2. The van der Waals surface area contributed by atoms with Crippen LogP contribution in [0.1, 0.15) is 12.5 Å². The van der Waals surface area contributed by atoms with Crippen LogP contribution in [0.15, 0.2) is 30.3 Å². The molecule has 0 unspecified atom stereocenters. The number of benzene rings is 1. The maximum absolute atomic E-state index is 11.7. The minimum absolute atomic E-state index is 0.0629. The summed E-state index contributed by atoms with van der Waals surface area (Å²) in [5, 5.41) is 0.606. The topological polar surface area (TPSA) is 46.6 Å². The molecule has 0 radical (unpaired) electrons. The van der Waals surface area contributed by atoms with Gasteiger partial charge in [-0.1, -0.05) is 23.7 Å². The van der Waals surface area contributed by atoms with Crippen LogP contribution in [0.25, 0.3) is 6.08 Å². The molecule has 0 fully saturated rings. The Morgan fingerprint density at radius 2 is 2.16 bits per heavy atom. The molecule has 0 saturated heterocycles. The molecule has 0 atom stereocenters. The average molecular weight is 282 g/mol. The summed E-state index contributed by atoms with van der Waals surface area (Å²) in [6.07, 6.45) is 3.04. The third-order valence-corrected chi connectivity index (χ3v) is 2.55. The zero-order chi connectivity index (χ0) is 14.3. The van der Waals surface area contributed by atoms with Crippen molar-refractivity contribution in [2.24, 2.45) is 0 Å². The Labute approximate surface area is 117 Å². The Morgan fingerprint density at radius 1 is 1.42 bits per heavy atom. The molecular weight excluding hydrogens is 266 g/mol. The van der Waals surface area contributed by atoms with Crippen LogP contribution >= 0.6 is 11.6 Å². The molecule has 0 spiro atoms. The first-order chi connectivity index (χ1) is 9.02. The van der Waals surface area contributed by atoms with Crippen LogP contribution in [0.5, 0.6) is 0 Å². The quantitative estimate of drug-likeness (QED) is 0.615. The fourth-order valence-corrected chi connectivity index (χ4v) is 1.58. The maximum Gasteiger partial charge on any atom is 0.325 e. The minimum atomic E-state index is -0.422. The molecular formula is C14H16ClNO3. The number of nitrogens with zero attached hydrogens (tertiary/aromatic N) is 1. The van der Waals surface area contributed by atoms with E-state index >= 15 is 0 Å². The molecule has 0 N–H and O–H groups in total. The molecule has 102 valence electrons. The summed E-state index contributed by atoms with van der Waals surface area (Å²) in [5.41, 5.74) is 0.824. The third-order valence-electron chi connectivity index (χ3n) is 2.31. The molecule has 0 aromatic heterocycles. The van der Waals surface area contributed by atoms with Gasteiger partial charge >= 0.3 is 5.97 Å². The van der Waals surface area contributed by atoms with E-state index in [2.05, 4.69) is 0 Å². The third kappa shape index (κ3) is 5.57. The summed E-state index contributed by atoms with van der Waals surface area (Å²) in [6.45, 7) is 1.96. The van der Waals surface area contributed by atoms with E-state index in [1.807, 2.05) is 6.07 Å². The number of amides is 1. The maximum atomic E-state index is 11.7. The standard InChI is InChI=1S/C14H16ClNO3/c1-3-19-14(18)10-16(2)13(17)8-7-11-5-4-6-12(15)9-11/h4-9H,3,10H2,1-2H3. The number of rotatable bonds is 5. The Bertz CT molecular complexity index is 485. The Hall–Kier alpha value is -1.81. The van der Waals surface area contributed by atoms with Gasteiger partial charge in [0.1, 0.15) is 6.54 Å². The lowest BCUT2D eigenvalue weighted by Crippen LogP contribution is -2.31. The SMILES string of the molecule is CCOC(=O)CN(C)C(=O)C=Cc1cccc(Cl)c1. The highest BCUT2D eigenvalue weighted by atomic mass is 35.5. The van der Waals surface area contributed by atoms with Gasteiger partial charge in [-0.2, -0.15) is 0 Å². The predicted molar refractivity (Wildman–Crippen MR) is 74.8 cm³/mol. The fraction of sp³-hybridized carbons (Fsp3) is 0.286. The molecule has 19 heavy (non-hydrogen) atoms. The van der Waals surface area contributed by atoms with Crippen LogP contribution in [-0.2, 0) is 14.3 Å². The van der Waals surface area contributed by atoms with Crippen molar-refractivity contribution in [1.29, 1.82) is 0 Å². The van der Waals surface area contributed by atoms with Crippen molar-refractivity contribution in [1.82, 2.24) is 4.90 Å². The van der Waals surface area contributed by atoms with Gasteiger partial charge in [-0.05, 0) is 30.7 Å². The number of ether oxygens (including phenoxy) is 1. The van der Waals surface area contributed by atoms with Crippen molar-refractivity contribution in [2.45, 2.75) is 6.92 Å². The number of hydrogen-bond acceptors (Lipinski definition) is 3. The van der Waals surface area contributed by atoms with Gasteiger partial charge < -0.3 is 9.64 Å². The minimum Gasteiger partial charge on any atom is -0.465 e. The number of carbonyl (C=O) groups excluding carboxylic acids is 2. The first kappa shape index (κ1) is 15.2. The van der Waals surface area contributed by atoms with Crippen LogP contribution in [0.2, 0.25) is 5.02 Å². The van der Waals surface area contributed by atoms with Gasteiger partial charge in [0.15, 0.2) is 0 Å². The van der Waals surface area contributed by atoms with E-state index in [0.717, 1.165) is 5.56 Å². The number of hydrogen-bond donors (Lipinski definition) is 0. The summed E-state index contributed by atoms with van der Waals surface area (Å²) in [6, 6.07) is 7.14. The fourth-order valence-electron chi connectivity index (χ4n) is 1.38. The Morgan fingerprint density at radius 3 is 2.79 bits per heavy atom. The summed E-state index contributed by atoms with van der Waals surface area (Å²) in [5.74, 6) is -0.692. The second-order valence-electron chi connectivity index (χ2n) is 3.89. The lowest BCUT2D eigenvalue weighted by atomic mass is 10.2. The first-order valence-corrected chi connectivity index (χ1v) is 6.25. The highest BCUT2D eigenvalue weighted by Gasteiger charge is 2.10. The average Bonchev–Trinajstić information content (AvgIpc) is 2.36. The zero-order valence-corrected chi connectivity index (χ0v) is 11.7. The van der Waals surface area contributed by atoms with Gasteiger partial charge in [0.25, 0.3) is 0 Å². The highest BCUT2D eigenvalue weighted by Crippen LogP contribution is 2.11. The van der Waals surface area contributed by atoms with Gasteiger partial charge in [-0.25, -0.2) is 0 Å². The molecule has 0 aliphatic carbocycles. The Balaban J connectivity index is 2.56. The van der Waals surface area contributed by atoms with Crippen LogP contribution in [0, 0.1) is 0 Å². The molecule has 1 rings (SSSR count). The molecule has 0 saturated carbocycles. The van der Waals surface area contributed by atoms with E-state index in [9.17, 15) is 9.59 Å².